The minimum absolute atomic E-state index is 0. The van der Waals surface area contributed by atoms with Gasteiger partial charge in [-0.05, 0) is 37.6 Å². The van der Waals surface area contributed by atoms with E-state index in [9.17, 15) is 9.59 Å². The molecule has 0 unspecified atom stereocenters. The molecule has 1 aromatic carbocycles. The number of nitrogens with zero attached hydrogens (tertiary/aromatic N) is 1. The lowest BCUT2D eigenvalue weighted by atomic mass is 10.1. The highest BCUT2D eigenvalue weighted by atomic mass is 35.5. The maximum Gasteiger partial charge on any atom is 0.321 e. The molecule has 0 saturated carbocycles. The molecular formula is C15H20Cl2N4O2. The van der Waals surface area contributed by atoms with Crippen molar-refractivity contribution in [3.63, 3.8) is 0 Å². The third-order valence-corrected chi connectivity index (χ3v) is 4.32. The Labute approximate surface area is 146 Å². The third-order valence-electron chi connectivity index (χ3n) is 4.00. The molecule has 0 radical (unpaired) electrons. The Morgan fingerprint density at radius 1 is 1.35 bits per heavy atom. The molecule has 23 heavy (non-hydrogen) atoms. The summed E-state index contributed by atoms with van der Waals surface area (Å²) < 4.78 is 0. The number of benzene rings is 1. The standard InChI is InChI=1S/C15H19ClN4O2.ClH/c16-13-4-3-11(20-7-6-18-15(20)22)8-12(13)14(21)19-10-2-1-5-17-9-10;/h3-4,8,10,17H,1-2,5-7,9H2,(H,18,22)(H,19,21);1H/t10-;/m0./s1. The van der Waals surface area contributed by atoms with Crippen molar-refractivity contribution in [2.75, 3.05) is 31.1 Å². The van der Waals surface area contributed by atoms with Crippen LogP contribution in [0.25, 0.3) is 0 Å². The van der Waals surface area contributed by atoms with E-state index in [2.05, 4.69) is 16.0 Å². The van der Waals surface area contributed by atoms with Gasteiger partial charge in [-0.2, -0.15) is 0 Å². The van der Waals surface area contributed by atoms with Gasteiger partial charge in [-0.15, -0.1) is 12.4 Å². The monoisotopic (exact) mass is 358 g/mol. The molecule has 3 rings (SSSR count). The molecule has 1 atom stereocenters. The molecular weight excluding hydrogens is 339 g/mol. The summed E-state index contributed by atoms with van der Waals surface area (Å²) in [5, 5.41) is 9.39. The number of hydrogen-bond donors (Lipinski definition) is 3. The summed E-state index contributed by atoms with van der Waals surface area (Å²) in [6, 6.07) is 5.07. The van der Waals surface area contributed by atoms with Crippen LogP contribution in [0.4, 0.5) is 10.5 Å². The highest BCUT2D eigenvalue weighted by Crippen LogP contribution is 2.24. The Balaban J connectivity index is 0.00000192. The molecule has 3 amide bonds. The summed E-state index contributed by atoms with van der Waals surface area (Å²) >= 11 is 6.16. The van der Waals surface area contributed by atoms with Crippen molar-refractivity contribution in [3.05, 3.63) is 28.8 Å². The second-order valence-corrected chi connectivity index (χ2v) is 5.97. The Morgan fingerprint density at radius 3 is 2.83 bits per heavy atom. The lowest BCUT2D eigenvalue weighted by Crippen LogP contribution is -2.45. The van der Waals surface area contributed by atoms with Crippen molar-refractivity contribution in [3.8, 4) is 0 Å². The van der Waals surface area contributed by atoms with E-state index in [4.69, 9.17) is 11.6 Å². The zero-order valence-corrected chi connectivity index (χ0v) is 14.2. The largest absolute Gasteiger partial charge is 0.348 e. The summed E-state index contributed by atoms with van der Waals surface area (Å²) in [7, 11) is 0. The van der Waals surface area contributed by atoms with E-state index in [0.717, 1.165) is 25.9 Å². The first-order chi connectivity index (χ1) is 10.6. The average molecular weight is 359 g/mol. The third kappa shape index (κ3) is 4.07. The summed E-state index contributed by atoms with van der Waals surface area (Å²) in [6.07, 6.45) is 2.01. The summed E-state index contributed by atoms with van der Waals surface area (Å²) in [5.74, 6) is -0.194. The van der Waals surface area contributed by atoms with Gasteiger partial charge in [-0.25, -0.2) is 4.79 Å². The predicted octanol–water partition coefficient (Wildman–Crippen LogP) is 1.77. The minimum atomic E-state index is -0.194. The van der Waals surface area contributed by atoms with Crippen LogP contribution in [0.5, 0.6) is 0 Å². The lowest BCUT2D eigenvalue weighted by Gasteiger charge is -2.24. The van der Waals surface area contributed by atoms with Gasteiger partial charge >= 0.3 is 6.03 Å². The van der Waals surface area contributed by atoms with Crippen LogP contribution in [0.15, 0.2) is 18.2 Å². The molecule has 126 valence electrons. The normalized spacial score (nSPS) is 20.7. The highest BCUT2D eigenvalue weighted by Gasteiger charge is 2.24. The summed E-state index contributed by atoms with van der Waals surface area (Å²) in [4.78, 5) is 25.8. The van der Waals surface area contributed by atoms with Crippen LogP contribution in [0.2, 0.25) is 5.02 Å². The van der Waals surface area contributed by atoms with Gasteiger partial charge in [0.05, 0.1) is 10.6 Å². The van der Waals surface area contributed by atoms with Gasteiger partial charge in [0.2, 0.25) is 0 Å². The number of amides is 3. The van der Waals surface area contributed by atoms with Crippen molar-refractivity contribution < 1.29 is 9.59 Å². The molecule has 6 nitrogen and oxygen atoms in total. The Morgan fingerprint density at radius 2 is 2.17 bits per heavy atom. The Hall–Kier alpha value is -1.50. The molecule has 8 heteroatoms. The van der Waals surface area contributed by atoms with Crippen molar-refractivity contribution in [2.24, 2.45) is 0 Å². The molecule has 3 N–H and O–H groups in total. The first-order valence-electron chi connectivity index (χ1n) is 7.51. The molecule has 1 aromatic rings. The number of rotatable bonds is 3. The van der Waals surface area contributed by atoms with Crippen molar-refractivity contribution in [1.29, 1.82) is 0 Å². The van der Waals surface area contributed by atoms with Crippen molar-refractivity contribution in [1.82, 2.24) is 16.0 Å². The maximum absolute atomic E-state index is 12.4. The van der Waals surface area contributed by atoms with Crippen LogP contribution < -0.4 is 20.9 Å². The quantitative estimate of drug-likeness (QED) is 0.770. The fraction of sp³-hybridized carbons (Fsp3) is 0.467. The molecule has 0 aliphatic carbocycles. The molecule has 2 aliphatic rings. The number of piperidine rings is 1. The smallest absolute Gasteiger partial charge is 0.321 e. The molecule has 0 aromatic heterocycles. The number of urea groups is 1. The van der Waals surface area contributed by atoms with Gasteiger partial charge in [-0.3, -0.25) is 9.69 Å². The van der Waals surface area contributed by atoms with Gasteiger partial charge in [0, 0.05) is 31.4 Å². The van der Waals surface area contributed by atoms with Crippen LogP contribution in [0.3, 0.4) is 0 Å². The van der Waals surface area contributed by atoms with E-state index in [1.165, 1.54) is 0 Å². The zero-order chi connectivity index (χ0) is 15.5. The van der Waals surface area contributed by atoms with Gasteiger partial charge < -0.3 is 16.0 Å². The SMILES string of the molecule is Cl.O=C(N[C@H]1CCCNC1)c1cc(N2CCNC2=O)ccc1Cl. The van der Waals surface area contributed by atoms with Gasteiger partial charge in [-0.1, -0.05) is 11.6 Å². The van der Waals surface area contributed by atoms with E-state index in [1.54, 1.807) is 23.1 Å². The maximum atomic E-state index is 12.4. The fourth-order valence-corrected chi connectivity index (χ4v) is 3.01. The topological polar surface area (TPSA) is 73.5 Å². The number of anilines is 1. The van der Waals surface area contributed by atoms with Crippen molar-refractivity contribution in [2.45, 2.75) is 18.9 Å². The zero-order valence-electron chi connectivity index (χ0n) is 12.6. The van der Waals surface area contributed by atoms with E-state index in [0.29, 0.717) is 29.4 Å². The minimum Gasteiger partial charge on any atom is -0.348 e. The predicted molar refractivity (Wildman–Crippen MR) is 92.8 cm³/mol. The molecule has 2 fully saturated rings. The van der Waals surface area contributed by atoms with Crippen molar-refractivity contribution >= 4 is 41.6 Å². The van der Waals surface area contributed by atoms with Crippen LogP contribution in [0.1, 0.15) is 23.2 Å². The van der Waals surface area contributed by atoms with Gasteiger partial charge in [0.1, 0.15) is 0 Å². The number of hydrogen-bond acceptors (Lipinski definition) is 3. The van der Waals surface area contributed by atoms with E-state index >= 15 is 0 Å². The first-order valence-corrected chi connectivity index (χ1v) is 7.89. The molecule has 2 heterocycles. The van der Waals surface area contributed by atoms with Crippen LogP contribution in [-0.2, 0) is 0 Å². The molecule has 2 saturated heterocycles. The highest BCUT2D eigenvalue weighted by molar-refractivity contribution is 6.34. The van der Waals surface area contributed by atoms with E-state index in [-0.39, 0.29) is 30.4 Å². The molecule has 0 bridgehead atoms. The van der Waals surface area contributed by atoms with E-state index < -0.39 is 0 Å². The number of halogens is 2. The van der Waals surface area contributed by atoms with Gasteiger partial charge in [0.25, 0.3) is 5.91 Å². The number of nitrogens with one attached hydrogen (secondary N) is 3. The van der Waals surface area contributed by atoms with Crippen LogP contribution in [-0.4, -0.2) is 44.2 Å². The fourth-order valence-electron chi connectivity index (χ4n) is 2.81. The summed E-state index contributed by atoms with van der Waals surface area (Å²) in [6.45, 7) is 2.97. The molecule has 0 spiro atoms. The van der Waals surface area contributed by atoms with E-state index in [1.807, 2.05) is 0 Å². The van der Waals surface area contributed by atoms with Crippen LogP contribution >= 0.6 is 24.0 Å². The van der Waals surface area contributed by atoms with Crippen LogP contribution in [0, 0.1) is 0 Å². The van der Waals surface area contributed by atoms with Gasteiger partial charge in [0.15, 0.2) is 0 Å². The average Bonchev–Trinajstić information content (AvgIpc) is 2.95. The second kappa shape index (κ2) is 7.86. The Bertz CT molecular complexity index is 591. The number of carbonyl (C=O) groups excluding carboxylic acids is 2. The Kier molecular flexibility index (Phi) is 6.10. The lowest BCUT2D eigenvalue weighted by molar-refractivity contribution is 0.0931. The summed E-state index contributed by atoms with van der Waals surface area (Å²) in [5.41, 5.74) is 1.09. The molecule has 2 aliphatic heterocycles. The second-order valence-electron chi connectivity index (χ2n) is 5.56. The number of carbonyl (C=O) groups is 2. The first kappa shape index (κ1) is 17.8.